The summed E-state index contributed by atoms with van der Waals surface area (Å²) in [5.41, 5.74) is 1.41. The number of hydrazine groups is 1. The Morgan fingerprint density at radius 2 is 2.00 bits per heavy atom. The molecule has 2 rings (SSSR count). The number of thiophene rings is 1. The van der Waals surface area contributed by atoms with E-state index in [2.05, 4.69) is 0 Å². The van der Waals surface area contributed by atoms with Crippen LogP contribution in [-0.2, 0) is 0 Å². The van der Waals surface area contributed by atoms with Crippen molar-refractivity contribution in [2.24, 2.45) is 5.84 Å². The zero-order valence-corrected chi connectivity index (χ0v) is 12.4. The number of hydrogen-bond acceptors (Lipinski definition) is 4. The summed E-state index contributed by atoms with van der Waals surface area (Å²) >= 11 is 1.52. The van der Waals surface area contributed by atoms with Crippen molar-refractivity contribution in [3.8, 4) is 0 Å². The predicted octanol–water partition coefficient (Wildman–Crippen LogP) is 3.15. The Kier molecular flexibility index (Phi) is 4.54. The van der Waals surface area contributed by atoms with Gasteiger partial charge in [-0.3, -0.25) is 10.6 Å². The predicted molar refractivity (Wildman–Crippen MR) is 79.0 cm³/mol. The number of anilines is 1. The second-order valence-electron chi connectivity index (χ2n) is 4.57. The lowest BCUT2D eigenvalue weighted by Crippen LogP contribution is -2.29. The number of nitrogens with two attached hydrogens (primary N) is 1. The molecule has 0 bridgehead atoms. The zero-order valence-electron chi connectivity index (χ0n) is 11.6. The number of hydrogen-bond donors (Lipinski definition) is 2. The van der Waals surface area contributed by atoms with Crippen LogP contribution < -0.4 is 11.3 Å². The first-order valence-corrected chi connectivity index (χ1v) is 7.10. The molecule has 1 aromatic carbocycles. The highest BCUT2D eigenvalue weighted by atomic mass is 32.1. The van der Waals surface area contributed by atoms with E-state index in [1.807, 2.05) is 29.9 Å². The van der Waals surface area contributed by atoms with Crippen LogP contribution in [0.1, 0.15) is 28.2 Å². The molecular formula is C14H15F2N3OS. The molecule has 0 saturated carbocycles. The molecule has 1 unspecified atom stereocenters. The average Bonchev–Trinajstić information content (AvgIpc) is 2.98. The molecule has 0 aliphatic rings. The number of nitrogens with one attached hydrogen (secondary N) is 1. The van der Waals surface area contributed by atoms with Gasteiger partial charge in [0.2, 0.25) is 0 Å². The summed E-state index contributed by atoms with van der Waals surface area (Å²) in [6.45, 7) is 1.85. The summed E-state index contributed by atoms with van der Waals surface area (Å²) in [7, 11) is 1.59. The molecule has 0 fully saturated rings. The van der Waals surface area contributed by atoms with Crippen LogP contribution >= 0.6 is 11.3 Å². The van der Waals surface area contributed by atoms with Gasteiger partial charge in [-0.15, -0.1) is 11.3 Å². The lowest BCUT2D eigenvalue weighted by atomic mass is 10.1. The first kappa shape index (κ1) is 15.4. The maximum atomic E-state index is 13.7. The van der Waals surface area contributed by atoms with Crippen LogP contribution in [0.2, 0.25) is 0 Å². The van der Waals surface area contributed by atoms with E-state index in [1.54, 1.807) is 7.05 Å². The highest BCUT2D eigenvalue weighted by Gasteiger charge is 2.22. The Labute approximate surface area is 125 Å². The molecule has 7 heteroatoms. The lowest BCUT2D eigenvalue weighted by molar-refractivity contribution is 0.0744. The summed E-state index contributed by atoms with van der Waals surface area (Å²) in [5, 5.41) is 1.91. The van der Waals surface area contributed by atoms with Gasteiger partial charge in [-0.05, 0) is 30.5 Å². The third-order valence-electron chi connectivity index (χ3n) is 3.29. The van der Waals surface area contributed by atoms with Crippen molar-refractivity contribution >= 4 is 22.9 Å². The molecule has 0 aliphatic heterocycles. The molecule has 21 heavy (non-hydrogen) atoms. The number of nitrogens with zero attached hydrogens (tertiary/aromatic N) is 1. The fourth-order valence-corrected chi connectivity index (χ4v) is 2.76. The summed E-state index contributed by atoms with van der Waals surface area (Å²) in [4.78, 5) is 14.8. The smallest absolute Gasteiger partial charge is 0.254 e. The second kappa shape index (κ2) is 6.19. The molecule has 1 aromatic heterocycles. The number of halogens is 2. The Morgan fingerprint density at radius 1 is 1.38 bits per heavy atom. The van der Waals surface area contributed by atoms with Crippen LogP contribution in [0.15, 0.2) is 29.6 Å². The van der Waals surface area contributed by atoms with Gasteiger partial charge in [0.25, 0.3) is 5.91 Å². The van der Waals surface area contributed by atoms with E-state index in [0.717, 1.165) is 17.0 Å². The fourth-order valence-electron chi connectivity index (χ4n) is 1.93. The monoisotopic (exact) mass is 311 g/mol. The van der Waals surface area contributed by atoms with Crippen LogP contribution in [0.5, 0.6) is 0 Å². The number of nitrogen functional groups attached to an aromatic ring is 1. The van der Waals surface area contributed by atoms with Gasteiger partial charge in [-0.25, -0.2) is 8.78 Å². The molecule has 2 aromatic rings. The molecule has 3 N–H and O–H groups in total. The van der Waals surface area contributed by atoms with Crippen LogP contribution in [0.25, 0.3) is 0 Å². The number of rotatable bonds is 4. The van der Waals surface area contributed by atoms with Crippen LogP contribution in [0.4, 0.5) is 14.5 Å². The number of amides is 1. The second-order valence-corrected chi connectivity index (χ2v) is 5.55. The van der Waals surface area contributed by atoms with Gasteiger partial charge in [0.15, 0.2) is 11.6 Å². The Balaban J connectivity index is 2.28. The minimum Gasteiger partial charge on any atom is -0.334 e. The van der Waals surface area contributed by atoms with Crippen molar-refractivity contribution in [1.29, 1.82) is 0 Å². The third kappa shape index (κ3) is 3.03. The Hall–Kier alpha value is -1.99. The van der Waals surface area contributed by atoms with Crippen LogP contribution in [-0.4, -0.2) is 17.9 Å². The van der Waals surface area contributed by atoms with Gasteiger partial charge in [0, 0.05) is 17.5 Å². The average molecular weight is 311 g/mol. The van der Waals surface area contributed by atoms with Gasteiger partial charge in [0.1, 0.15) is 5.69 Å². The standard InChI is InChI=1S/C14H15F2N3OS/c1-8(12-4-3-5-21-12)19(2)14(20)9-6-10(15)13(18-17)11(16)7-9/h3-8,18H,17H2,1-2H3. The van der Waals surface area contributed by atoms with Crippen molar-refractivity contribution in [1.82, 2.24) is 4.90 Å². The molecule has 0 radical (unpaired) electrons. The van der Waals surface area contributed by atoms with E-state index < -0.39 is 23.2 Å². The van der Waals surface area contributed by atoms with Gasteiger partial charge >= 0.3 is 0 Å². The minimum atomic E-state index is -0.905. The van der Waals surface area contributed by atoms with E-state index >= 15 is 0 Å². The Bertz CT molecular complexity index is 623. The summed E-state index contributed by atoms with van der Waals surface area (Å²) in [5.74, 6) is 2.76. The zero-order chi connectivity index (χ0) is 15.6. The van der Waals surface area contributed by atoms with Crippen molar-refractivity contribution in [2.45, 2.75) is 13.0 Å². The molecule has 0 spiro atoms. The van der Waals surface area contributed by atoms with E-state index in [0.29, 0.717) is 0 Å². The van der Waals surface area contributed by atoms with E-state index in [9.17, 15) is 13.6 Å². The topological polar surface area (TPSA) is 58.4 Å². The maximum absolute atomic E-state index is 13.7. The summed E-state index contributed by atoms with van der Waals surface area (Å²) in [6, 6.07) is 5.55. The highest BCUT2D eigenvalue weighted by molar-refractivity contribution is 7.10. The molecule has 0 saturated heterocycles. The van der Waals surface area contributed by atoms with E-state index in [1.165, 1.54) is 16.2 Å². The lowest BCUT2D eigenvalue weighted by Gasteiger charge is -2.24. The number of benzene rings is 1. The van der Waals surface area contributed by atoms with Gasteiger partial charge in [-0.2, -0.15) is 0 Å². The highest BCUT2D eigenvalue weighted by Crippen LogP contribution is 2.26. The fraction of sp³-hybridized carbons (Fsp3) is 0.214. The number of carbonyl (C=O) groups excluding carboxylic acids is 1. The normalized spacial score (nSPS) is 12.0. The van der Waals surface area contributed by atoms with Crippen molar-refractivity contribution in [3.63, 3.8) is 0 Å². The quantitative estimate of drug-likeness (QED) is 0.673. The molecule has 1 heterocycles. The SMILES string of the molecule is CC(c1cccs1)N(C)C(=O)c1cc(F)c(NN)c(F)c1. The molecule has 0 aliphatic carbocycles. The van der Waals surface area contributed by atoms with Crippen LogP contribution in [0, 0.1) is 11.6 Å². The van der Waals surface area contributed by atoms with Crippen molar-refractivity contribution < 1.29 is 13.6 Å². The first-order valence-electron chi connectivity index (χ1n) is 6.22. The van der Waals surface area contributed by atoms with Gasteiger partial charge in [0.05, 0.1) is 6.04 Å². The van der Waals surface area contributed by atoms with Gasteiger partial charge < -0.3 is 10.3 Å². The third-order valence-corrected chi connectivity index (χ3v) is 4.33. The van der Waals surface area contributed by atoms with Gasteiger partial charge in [-0.1, -0.05) is 6.07 Å². The first-order chi connectivity index (χ1) is 9.95. The number of carbonyl (C=O) groups is 1. The maximum Gasteiger partial charge on any atom is 0.254 e. The molecule has 1 amide bonds. The summed E-state index contributed by atoms with van der Waals surface area (Å²) < 4.78 is 27.3. The Morgan fingerprint density at radius 3 is 2.48 bits per heavy atom. The van der Waals surface area contributed by atoms with E-state index in [4.69, 9.17) is 5.84 Å². The largest absolute Gasteiger partial charge is 0.334 e. The minimum absolute atomic E-state index is 0.0603. The van der Waals surface area contributed by atoms with E-state index in [-0.39, 0.29) is 11.6 Å². The van der Waals surface area contributed by atoms with Crippen molar-refractivity contribution in [2.75, 3.05) is 12.5 Å². The van der Waals surface area contributed by atoms with Crippen molar-refractivity contribution in [3.05, 3.63) is 51.7 Å². The summed E-state index contributed by atoms with van der Waals surface area (Å²) in [6.07, 6.45) is 0. The molecule has 1 atom stereocenters. The van der Waals surface area contributed by atoms with Crippen LogP contribution in [0.3, 0.4) is 0 Å². The molecule has 4 nitrogen and oxygen atoms in total. The molecular weight excluding hydrogens is 296 g/mol. The molecule has 112 valence electrons.